The second-order valence-corrected chi connectivity index (χ2v) is 8.52. The minimum Gasteiger partial charge on any atom is -0.398 e. The lowest BCUT2D eigenvalue weighted by Gasteiger charge is -2.37. The van der Waals surface area contributed by atoms with E-state index in [4.69, 9.17) is 5.73 Å². The molecule has 0 radical (unpaired) electrons. The van der Waals surface area contributed by atoms with Crippen molar-refractivity contribution in [2.24, 2.45) is 29.4 Å². The Morgan fingerprint density at radius 3 is 1.86 bits per heavy atom. The van der Waals surface area contributed by atoms with Crippen LogP contribution in [0.1, 0.15) is 72.1 Å². The molecule has 0 bridgehead atoms. The van der Waals surface area contributed by atoms with Crippen LogP contribution >= 0.6 is 9.24 Å². The van der Waals surface area contributed by atoms with Crippen molar-refractivity contribution in [2.45, 2.75) is 72.1 Å². The third-order valence-electron chi connectivity index (χ3n) is 5.98. The van der Waals surface area contributed by atoms with Crippen LogP contribution in [0.2, 0.25) is 0 Å². The van der Waals surface area contributed by atoms with Crippen LogP contribution in [0.4, 0.5) is 0 Å². The molecule has 1 nitrogen and oxygen atoms in total. The number of rotatable bonds is 3. The first-order valence-electron chi connectivity index (χ1n) is 8.87. The Morgan fingerprint density at radius 2 is 1.38 bits per heavy atom. The van der Waals surface area contributed by atoms with Crippen LogP contribution in [-0.4, -0.2) is 0 Å². The molecule has 1 unspecified atom stereocenters. The molecular weight excluding hydrogens is 273 g/mol. The predicted octanol–water partition coefficient (Wildman–Crippen LogP) is 5.63. The maximum atomic E-state index is 6.06. The molecule has 2 N–H and O–H groups in total. The topological polar surface area (TPSA) is 26.0 Å². The third kappa shape index (κ3) is 4.85. The zero-order chi connectivity index (χ0) is 15.4. The summed E-state index contributed by atoms with van der Waals surface area (Å²) in [4.78, 5) is 0. The van der Waals surface area contributed by atoms with E-state index in [9.17, 15) is 0 Å². The van der Waals surface area contributed by atoms with Crippen molar-refractivity contribution in [3.05, 3.63) is 22.7 Å². The minimum absolute atomic E-state index is 0.770. The molecule has 0 aliphatic heterocycles. The van der Waals surface area contributed by atoms with Crippen LogP contribution in [0, 0.1) is 23.7 Å². The van der Waals surface area contributed by atoms with Crippen molar-refractivity contribution in [3.8, 4) is 0 Å². The Labute approximate surface area is 134 Å². The third-order valence-corrected chi connectivity index (χ3v) is 6.31. The summed E-state index contributed by atoms with van der Waals surface area (Å²) in [5.74, 6) is 3.79. The number of hydrogen-bond acceptors (Lipinski definition) is 1. The molecule has 2 saturated carbocycles. The SMILES string of the molecule is C/C(P)=C(N)\C=C(/C)C1CCC(C2CCC(C)CC2)CC1. The molecule has 0 saturated heterocycles. The van der Waals surface area contributed by atoms with Gasteiger partial charge in [-0.15, -0.1) is 9.24 Å². The van der Waals surface area contributed by atoms with Gasteiger partial charge in [0.05, 0.1) is 0 Å². The van der Waals surface area contributed by atoms with Crippen LogP contribution < -0.4 is 5.73 Å². The van der Waals surface area contributed by atoms with Gasteiger partial charge >= 0.3 is 0 Å². The van der Waals surface area contributed by atoms with E-state index >= 15 is 0 Å². The highest BCUT2D eigenvalue weighted by Gasteiger charge is 2.30. The summed E-state index contributed by atoms with van der Waals surface area (Å²) < 4.78 is 0. The molecule has 2 fully saturated rings. The second kappa shape index (κ2) is 7.82. The van der Waals surface area contributed by atoms with E-state index in [1.54, 1.807) is 0 Å². The molecule has 120 valence electrons. The monoisotopic (exact) mass is 307 g/mol. The summed E-state index contributed by atoms with van der Waals surface area (Å²) in [7, 11) is 2.71. The van der Waals surface area contributed by atoms with E-state index < -0.39 is 0 Å². The Hall–Kier alpha value is -0.290. The van der Waals surface area contributed by atoms with Gasteiger partial charge in [-0.1, -0.05) is 25.3 Å². The first-order chi connectivity index (χ1) is 9.97. The Morgan fingerprint density at radius 1 is 0.905 bits per heavy atom. The summed E-state index contributed by atoms with van der Waals surface area (Å²) in [6, 6.07) is 0. The summed E-state index contributed by atoms with van der Waals surface area (Å²) in [6.07, 6.45) is 13.8. The van der Waals surface area contributed by atoms with E-state index in [0.717, 1.165) is 34.7 Å². The van der Waals surface area contributed by atoms with Gasteiger partial charge in [0.25, 0.3) is 0 Å². The van der Waals surface area contributed by atoms with Gasteiger partial charge in [-0.25, -0.2) is 0 Å². The first kappa shape index (κ1) is 17.1. The fourth-order valence-electron chi connectivity index (χ4n) is 4.28. The fraction of sp³-hybridized carbons (Fsp3) is 0.789. The van der Waals surface area contributed by atoms with E-state index in [1.165, 1.54) is 56.9 Å². The molecule has 0 aromatic carbocycles. The maximum absolute atomic E-state index is 6.06. The second-order valence-electron chi connectivity index (χ2n) is 7.66. The van der Waals surface area contributed by atoms with E-state index in [2.05, 4.69) is 36.1 Å². The van der Waals surface area contributed by atoms with Crippen LogP contribution in [0.15, 0.2) is 22.7 Å². The molecule has 2 aliphatic rings. The summed E-state index contributed by atoms with van der Waals surface area (Å²) in [5, 5.41) is 1.15. The Bertz CT molecular complexity index is 390. The highest BCUT2D eigenvalue weighted by Crippen LogP contribution is 2.42. The van der Waals surface area contributed by atoms with Crippen LogP contribution in [0.5, 0.6) is 0 Å². The van der Waals surface area contributed by atoms with Crippen molar-refractivity contribution in [2.75, 3.05) is 0 Å². The number of hydrogen-bond donors (Lipinski definition) is 1. The van der Waals surface area contributed by atoms with Crippen LogP contribution in [0.25, 0.3) is 0 Å². The number of nitrogens with two attached hydrogens (primary N) is 1. The molecule has 2 aliphatic carbocycles. The molecule has 0 amide bonds. The van der Waals surface area contributed by atoms with Gasteiger partial charge < -0.3 is 5.73 Å². The normalized spacial score (nSPS) is 36.3. The maximum Gasteiger partial charge on any atom is 0.0342 e. The molecule has 0 aromatic heterocycles. The van der Waals surface area contributed by atoms with Crippen LogP contribution in [-0.2, 0) is 0 Å². The van der Waals surface area contributed by atoms with Crippen LogP contribution in [0.3, 0.4) is 0 Å². The highest BCUT2D eigenvalue weighted by molar-refractivity contribution is 7.22. The summed E-state index contributed by atoms with van der Waals surface area (Å²) in [6.45, 7) is 6.76. The highest BCUT2D eigenvalue weighted by atomic mass is 31.0. The van der Waals surface area contributed by atoms with E-state index in [-0.39, 0.29) is 0 Å². The van der Waals surface area contributed by atoms with Gasteiger partial charge in [0.2, 0.25) is 0 Å². The lowest BCUT2D eigenvalue weighted by molar-refractivity contribution is 0.158. The molecule has 0 aromatic rings. The molecule has 1 atom stereocenters. The van der Waals surface area contributed by atoms with Crippen molar-refractivity contribution in [3.63, 3.8) is 0 Å². The van der Waals surface area contributed by atoms with Gasteiger partial charge in [-0.05, 0) is 87.4 Å². The zero-order valence-electron chi connectivity index (χ0n) is 14.2. The fourth-order valence-corrected chi connectivity index (χ4v) is 4.36. The lowest BCUT2D eigenvalue weighted by Crippen LogP contribution is -2.25. The van der Waals surface area contributed by atoms with Gasteiger partial charge in [-0.3, -0.25) is 0 Å². The Kier molecular flexibility index (Phi) is 6.35. The van der Waals surface area contributed by atoms with E-state index in [1.807, 2.05) is 0 Å². The lowest BCUT2D eigenvalue weighted by atomic mass is 9.68. The molecular formula is C19H34NP. The van der Waals surface area contributed by atoms with Crippen molar-refractivity contribution >= 4 is 9.24 Å². The Balaban J connectivity index is 1.84. The predicted molar refractivity (Wildman–Crippen MR) is 96.9 cm³/mol. The van der Waals surface area contributed by atoms with Crippen molar-refractivity contribution in [1.82, 2.24) is 0 Å². The average Bonchev–Trinajstić information content (AvgIpc) is 2.48. The quantitative estimate of drug-likeness (QED) is 0.530. The van der Waals surface area contributed by atoms with E-state index in [0.29, 0.717) is 0 Å². The molecule has 2 rings (SSSR count). The molecule has 2 heteroatoms. The first-order valence-corrected chi connectivity index (χ1v) is 9.45. The largest absolute Gasteiger partial charge is 0.398 e. The molecule has 0 heterocycles. The van der Waals surface area contributed by atoms with Gasteiger partial charge in [-0.2, -0.15) is 0 Å². The van der Waals surface area contributed by atoms with Gasteiger partial charge in [0.15, 0.2) is 0 Å². The summed E-state index contributed by atoms with van der Waals surface area (Å²) >= 11 is 0. The molecule has 21 heavy (non-hydrogen) atoms. The smallest absolute Gasteiger partial charge is 0.0342 e. The summed E-state index contributed by atoms with van der Waals surface area (Å²) in [5.41, 5.74) is 8.49. The minimum atomic E-state index is 0.770. The van der Waals surface area contributed by atoms with Crippen molar-refractivity contribution < 1.29 is 0 Å². The number of allylic oxidation sites excluding steroid dienone is 3. The van der Waals surface area contributed by atoms with Gasteiger partial charge in [0, 0.05) is 5.70 Å². The average molecular weight is 307 g/mol. The zero-order valence-corrected chi connectivity index (χ0v) is 15.4. The molecule has 0 spiro atoms. The standard InChI is InChI=1S/C19H34NP/c1-13-4-6-17(7-5-13)18-10-8-16(9-11-18)14(2)12-19(20)15(3)21/h12-13,16-18H,4-11,20-21H2,1-3H3/b14-12+,19-15-. The van der Waals surface area contributed by atoms with Crippen molar-refractivity contribution in [1.29, 1.82) is 0 Å². The van der Waals surface area contributed by atoms with Gasteiger partial charge in [0.1, 0.15) is 0 Å².